The molecule has 0 unspecified atom stereocenters. The Morgan fingerprint density at radius 3 is 2.48 bits per heavy atom. The van der Waals surface area contributed by atoms with Gasteiger partial charge in [0.25, 0.3) is 0 Å². The zero-order valence-corrected chi connectivity index (χ0v) is 13.7. The van der Waals surface area contributed by atoms with Gasteiger partial charge < -0.3 is 4.90 Å². The van der Waals surface area contributed by atoms with E-state index in [9.17, 15) is 4.79 Å². The smallest absolute Gasteiger partial charge is 0.226 e. The van der Waals surface area contributed by atoms with Gasteiger partial charge in [-0.05, 0) is 28.7 Å². The van der Waals surface area contributed by atoms with Gasteiger partial charge >= 0.3 is 0 Å². The second-order valence-electron chi connectivity index (χ2n) is 7.06. The quantitative estimate of drug-likeness (QED) is 0.869. The molecule has 120 valence electrons. The van der Waals surface area contributed by atoms with E-state index in [0.29, 0.717) is 17.7 Å². The summed E-state index contributed by atoms with van der Waals surface area (Å²) >= 11 is 0. The lowest BCUT2D eigenvalue weighted by Gasteiger charge is -2.35. The van der Waals surface area contributed by atoms with Crippen LogP contribution in [-0.2, 0) is 11.3 Å². The van der Waals surface area contributed by atoms with Crippen LogP contribution in [-0.4, -0.2) is 41.9 Å². The third-order valence-electron chi connectivity index (χ3n) is 5.38. The molecule has 0 radical (unpaired) electrons. The van der Waals surface area contributed by atoms with Crippen LogP contribution in [0.5, 0.6) is 0 Å². The summed E-state index contributed by atoms with van der Waals surface area (Å²) in [6.07, 6.45) is 1.09. The maximum atomic E-state index is 12.3. The molecule has 1 saturated carbocycles. The van der Waals surface area contributed by atoms with E-state index in [1.165, 1.54) is 16.3 Å². The van der Waals surface area contributed by atoms with Crippen molar-refractivity contribution in [1.82, 2.24) is 9.80 Å². The van der Waals surface area contributed by atoms with E-state index in [2.05, 4.69) is 59.2 Å². The Bertz CT molecular complexity index is 713. The SMILES string of the molecule is C[C@H]1C[C@@H]1C(=O)N1CCN(Cc2cccc3ccccc23)CC1. The van der Waals surface area contributed by atoms with E-state index in [0.717, 1.165) is 39.1 Å². The average molecular weight is 308 g/mol. The molecule has 0 spiro atoms. The summed E-state index contributed by atoms with van der Waals surface area (Å²) in [5.41, 5.74) is 1.39. The van der Waals surface area contributed by atoms with Crippen molar-refractivity contribution >= 4 is 16.7 Å². The van der Waals surface area contributed by atoms with E-state index < -0.39 is 0 Å². The van der Waals surface area contributed by atoms with Crippen LogP contribution in [0.25, 0.3) is 10.8 Å². The minimum absolute atomic E-state index is 0.319. The Balaban J connectivity index is 1.40. The van der Waals surface area contributed by atoms with Crippen LogP contribution in [0.3, 0.4) is 0 Å². The molecule has 1 aliphatic carbocycles. The first kappa shape index (κ1) is 14.7. The Kier molecular flexibility index (Phi) is 3.82. The van der Waals surface area contributed by atoms with Crippen molar-refractivity contribution in [2.75, 3.05) is 26.2 Å². The number of carbonyl (C=O) groups excluding carboxylic acids is 1. The van der Waals surface area contributed by atoms with Crippen molar-refractivity contribution in [2.45, 2.75) is 19.9 Å². The topological polar surface area (TPSA) is 23.6 Å². The first-order valence-electron chi connectivity index (χ1n) is 8.70. The van der Waals surface area contributed by atoms with Gasteiger partial charge in [-0.15, -0.1) is 0 Å². The monoisotopic (exact) mass is 308 g/mol. The molecule has 3 nitrogen and oxygen atoms in total. The predicted molar refractivity (Wildman–Crippen MR) is 93.1 cm³/mol. The summed E-state index contributed by atoms with van der Waals surface area (Å²) in [5.74, 6) is 1.32. The van der Waals surface area contributed by atoms with Crippen molar-refractivity contribution < 1.29 is 4.79 Å². The largest absolute Gasteiger partial charge is 0.340 e. The Morgan fingerprint density at radius 2 is 1.74 bits per heavy atom. The minimum Gasteiger partial charge on any atom is -0.340 e. The molecule has 1 heterocycles. The van der Waals surface area contributed by atoms with Gasteiger partial charge in [-0.2, -0.15) is 0 Å². The molecule has 0 N–H and O–H groups in total. The highest BCUT2D eigenvalue weighted by atomic mass is 16.2. The summed E-state index contributed by atoms with van der Waals surface area (Å²) in [4.78, 5) is 16.9. The molecule has 1 amide bonds. The molecule has 4 rings (SSSR count). The third kappa shape index (κ3) is 2.98. The molecule has 2 fully saturated rings. The summed E-state index contributed by atoms with van der Waals surface area (Å²) < 4.78 is 0. The van der Waals surface area contributed by atoms with Crippen molar-refractivity contribution in [2.24, 2.45) is 11.8 Å². The third-order valence-corrected chi connectivity index (χ3v) is 5.38. The summed E-state index contributed by atoms with van der Waals surface area (Å²) in [5, 5.41) is 2.65. The van der Waals surface area contributed by atoms with Gasteiger partial charge in [0, 0.05) is 38.6 Å². The molecule has 1 saturated heterocycles. The molecular formula is C20H24N2O. The van der Waals surface area contributed by atoms with E-state index in [1.807, 2.05) is 0 Å². The average Bonchev–Trinajstić information content (AvgIpc) is 3.32. The van der Waals surface area contributed by atoms with Gasteiger partial charge in [-0.25, -0.2) is 0 Å². The second-order valence-corrected chi connectivity index (χ2v) is 7.06. The number of fused-ring (bicyclic) bond motifs is 1. The predicted octanol–water partition coefficient (Wildman–Crippen LogP) is 3.14. The molecule has 0 bridgehead atoms. The Hall–Kier alpha value is -1.87. The maximum Gasteiger partial charge on any atom is 0.226 e. The molecule has 2 aliphatic rings. The molecule has 2 aromatic carbocycles. The van der Waals surface area contributed by atoms with Crippen LogP contribution in [0, 0.1) is 11.8 Å². The number of piperazine rings is 1. The number of hydrogen-bond donors (Lipinski definition) is 0. The van der Waals surface area contributed by atoms with Gasteiger partial charge in [-0.1, -0.05) is 49.4 Å². The molecule has 3 heteroatoms. The first-order chi connectivity index (χ1) is 11.2. The second kappa shape index (κ2) is 5.97. The summed E-state index contributed by atoms with van der Waals surface area (Å²) in [6.45, 7) is 6.88. The Labute approximate surface area is 137 Å². The lowest BCUT2D eigenvalue weighted by atomic mass is 10.0. The molecular weight excluding hydrogens is 284 g/mol. The standard InChI is InChI=1S/C20H24N2O/c1-15-13-19(15)20(23)22-11-9-21(10-12-22)14-17-7-4-6-16-5-2-3-8-18(16)17/h2-8,15,19H,9-14H2,1H3/t15-,19-/m0/s1. The molecule has 2 atom stereocenters. The van der Waals surface area contributed by atoms with E-state index in [4.69, 9.17) is 0 Å². The minimum atomic E-state index is 0.319. The zero-order chi connectivity index (χ0) is 15.8. The zero-order valence-electron chi connectivity index (χ0n) is 13.7. The van der Waals surface area contributed by atoms with Gasteiger partial charge in [0.2, 0.25) is 5.91 Å². The normalized spacial score (nSPS) is 24.8. The number of nitrogens with zero attached hydrogens (tertiary/aromatic N) is 2. The molecule has 23 heavy (non-hydrogen) atoms. The van der Waals surface area contributed by atoms with Crippen LogP contribution in [0.15, 0.2) is 42.5 Å². The van der Waals surface area contributed by atoms with Crippen molar-refractivity contribution in [1.29, 1.82) is 0 Å². The summed E-state index contributed by atoms with van der Waals surface area (Å²) in [6, 6.07) is 15.1. The number of hydrogen-bond acceptors (Lipinski definition) is 2. The van der Waals surface area contributed by atoms with E-state index in [-0.39, 0.29) is 0 Å². The number of benzene rings is 2. The van der Waals surface area contributed by atoms with Gasteiger partial charge in [0.15, 0.2) is 0 Å². The summed E-state index contributed by atoms with van der Waals surface area (Å²) in [7, 11) is 0. The van der Waals surface area contributed by atoms with Crippen molar-refractivity contribution in [3.8, 4) is 0 Å². The fourth-order valence-corrected chi connectivity index (χ4v) is 3.70. The number of carbonyl (C=O) groups is 1. The maximum absolute atomic E-state index is 12.3. The lowest BCUT2D eigenvalue weighted by molar-refractivity contribution is -0.134. The van der Waals surface area contributed by atoms with Gasteiger partial charge in [-0.3, -0.25) is 9.69 Å². The highest BCUT2D eigenvalue weighted by molar-refractivity contribution is 5.85. The molecule has 1 aliphatic heterocycles. The number of rotatable bonds is 3. The first-order valence-corrected chi connectivity index (χ1v) is 8.70. The van der Waals surface area contributed by atoms with Crippen molar-refractivity contribution in [3.63, 3.8) is 0 Å². The van der Waals surface area contributed by atoms with Crippen LogP contribution in [0.4, 0.5) is 0 Å². The van der Waals surface area contributed by atoms with E-state index >= 15 is 0 Å². The van der Waals surface area contributed by atoms with Crippen molar-refractivity contribution in [3.05, 3.63) is 48.0 Å². The Morgan fingerprint density at radius 1 is 1.04 bits per heavy atom. The molecule has 0 aromatic heterocycles. The fraction of sp³-hybridized carbons (Fsp3) is 0.450. The lowest BCUT2D eigenvalue weighted by Crippen LogP contribution is -2.48. The molecule has 2 aromatic rings. The van der Waals surface area contributed by atoms with Crippen LogP contribution in [0.2, 0.25) is 0 Å². The van der Waals surface area contributed by atoms with Crippen LogP contribution >= 0.6 is 0 Å². The van der Waals surface area contributed by atoms with Gasteiger partial charge in [0.05, 0.1) is 0 Å². The van der Waals surface area contributed by atoms with Crippen LogP contribution in [0.1, 0.15) is 18.9 Å². The fourth-order valence-electron chi connectivity index (χ4n) is 3.70. The van der Waals surface area contributed by atoms with Gasteiger partial charge in [0.1, 0.15) is 0 Å². The van der Waals surface area contributed by atoms with E-state index in [1.54, 1.807) is 0 Å². The highest BCUT2D eigenvalue weighted by Gasteiger charge is 2.41. The number of amides is 1. The van der Waals surface area contributed by atoms with Crippen LogP contribution < -0.4 is 0 Å². The highest BCUT2D eigenvalue weighted by Crippen LogP contribution is 2.39.